The van der Waals surface area contributed by atoms with Crippen molar-refractivity contribution in [2.75, 3.05) is 16.8 Å². The average Bonchev–Trinajstić information content (AvgIpc) is 2.41. The molecule has 15 heavy (non-hydrogen) atoms. The smallest absolute Gasteiger partial charge is 0.232 e. The molecule has 1 aromatic carbocycles. The summed E-state index contributed by atoms with van der Waals surface area (Å²) in [7, 11) is 0. The van der Waals surface area contributed by atoms with E-state index in [1.54, 1.807) is 12.1 Å². The lowest BCUT2D eigenvalue weighted by Crippen LogP contribution is -2.16. The van der Waals surface area contributed by atoms with E-state index in [4.69, 9.17) is 11.5 Å². The van der Waals surface area contributed by atoms with E-state index in [2.05, 4.69) is 5.32 Å². The molecule has 2 rings (SSSR count). The lowest BCUT2D eigenvalue weighted by atomic mass is 9.89. The molecule has 0 saturated heterocycles. The zero-order valence-electron chi connectivity index (χ0n) is 8.87. The number of carbonyl (C=O) groups excluding carboxylic acids is 1. The number of benzene rings is 1. The van der Waals surface area contributed by atoms with Gasteiger partial charge in [0, 0.05) is 5.69 Å². The monoisotopic (exact) mass is 205 g/mol. The van der Waals surface area contributed by atoms with Crippen molar-refractivity contribution in [2.45, 2.75) is 19.8 Å². The summed E-state index contributed by atoms with van der Waals surface area (Å²) in [5, 5.41) is 2.82. The summed E-state index contributed by atoms with van der Waals surface area (Å²) in [5.41, 5.74) is 14.2. The fourth-order valence-corrected chi connectivity index (χ4v) is 2.03. The van der Waals surface area contributed by atoms with Gasteiger partial charge >= 0.3 is 0 Å². The highest BCUT2D eigenvalue weighted by Crippen LogP contribution is 2.40. The fraction of sp³-hybridized carbons (Fsp3) is 0.364. The Hall–Kier alpha value is -1.71. The third kappa shape index (κ3) is 1.42. The Balaban J connectivity index is 2.54. The highest BCUT2D eigenvalue weighted by atomic mass is 16.2. The number of nitrogen functional groups attached to an aromatic ring is 2. The standard InChI is InChI=1S/C11H15N3O/c1-5(2)10-6-3-7(12)8(13)4-9(6)14-11(10)15/h3-5,10H,12-13H2,1-2H3,(H,14,15). The van der Waals surface area contributed by atoms with Gasteiger partial charge in [0.2, 0.25) is 5.91 Å². The molecule has 1 aliphatic heterocycles. The van der Waals surface area contributed by atoms with Crippen molar-refractivity contribution < 1.29 is 4.79 Å². The summed E-state index contributed by atoms with van der Waals surface area (Å²) < 4.78 is 0. The van der Waals surface area contributed by atoms with Gasteiger partial charge in [-0.15, -0.1) is 0 Å². The second-order valence-corrected chi connectivity index (χ2v) is 4.28. The number of rotatable bonds is 1. The molecule has 1 aliphatic rings. The number of anilines is 3. The second kappa shape index (κ2) is 3.15. The molecule has 0 spiro atoms. The molecule has 5 N–H and O–H groups in total. The lowest BCUT2D eigenvalue weighted by Gasteiger charge is -2.13. The summed E-state index contributed by atoms with van der Waals surface area (Å²) in [4.78, 5) is 11.7. The number of fused-ring (bicyclic) bond motifs is 1. The van der Waals surface area contributed by atoms with E-state index in [0.29, 0.717) is 11.4 Å². The van der Waals surface area contributed by atoms with Gasteiger partial charge < -0.3 is 16.8 Å². The summed E-state index contributed by atoms with van der Waals surface area (Å²) in [5.74, 6) is 0.183. The molecule has 0 radical (unpaired) electrons. The number of hydrogen-bond acceptors (Lipinski definition) is 3. The SMILES string of the molecule is CC(C)C1C(=O)Nc2cc(N)c(N)cc21. The van der Waals surface area contributed by atoms with Crippen LogP contribution in [0.1, 0.15) is 25.3 Å². The molecule has 1 atom stereocenters. The highest BCUT2D eigenvalue weighted by molar-refractivity contribution is 6.04. The number of hydrogen-bond donors (Lipinski definition) is 3. The van der Waals surface area contributed by atoms with Gasteiger partial charge in [0.15, 0.2) is 0 Å². The maximum Gasteiger partial charge on any atom is 0.232 e. The normalized spacial score (nSPS) is 19.1. The molecule has 0 bridgehead atoms. The van der Waals surface area contributed by atoms with E-state index in [9.17, 15) is 4.79 Å². The highest BCUT2D eigenvalue weighted by Gasteiger charge is 2.33. The molecule has 1 unspecified atom stereocenters. The zero-order valence-corrected chi connectivity index (χ0v) is 8.87. The molecule has 1 amide bonds. The van der Waals surface area contributed by atoms with Crippen LogP contribution in [0.3, 0.4) is 0 Å². The third-order valence-electron chi connectivity index (χ3n) is 2.80. The molecule has 4 nitrogen and oxygen atoms in total. The Morgan fingerprint density at radius 1 is 1.27 bits per heavy atom. The van der Waals surface area contributed by atoms with E-state index in [1.165, 1.54) is 0 Å². The van der Waals surface area contributed by atoms with Crippen LogP contribution in [0.4, 0.5) is 17.1 Å². The van der Waals surface area contributed by atoms with Gasteiger partial charge in [-0.2, -0.15) is 0 Å². The van der Waals surface area contributed by atoms with Crippen LogP contribution in [0.2, 0.25) is 0 Å². The van der Waals surface area contributed by atoms with E-state index >= 15 is 0 Å². The Morgan fingerprint density at radius 2 is 1.87 bits per heavy atom. The van der Waals surface area contributed by atoms with Crippen LogP contribution >= 0.6 is 0 Å². The van der Waals surface area contributed by atoms with Gasteiger partial charge in [0.25, 0.3) is 0 Å². The van der Waals surface area contributed by atoms with Gasteiger partial charge in [0.1, 0.15) is 0 Å². The van der Waals surface area contributed by atoms with Gasteiger partial charge in [-0.05, 0) is 23.6 Å². The minimum atomic E-state index is -0.108. The number of nitrogens with one attached hydrogen (secondary N) is 1. The van der Waals surface area contributed by atoms with Crippen LogP contribution in [0.5, 0.6) is 0 Å². The quantitative estimate of drug-likeness (QED) is 0.608. The predicted octanol–water partition coefficient (Wildman–Crippen LogP) is 1.54. The molecular weight excluding hydrogens is 190 g/mol. The Labute approximate surface area is 88.6 Å². The molecular formula is C11H15N3O. The van der Waals surface area contributed by atoms with Crippen molar-refractivity contribution in [3.8, 4) is 0 Å². The first kappa shape index (κ1) is 9.83. The lowest BCUT2D eigenvalue weighted by molar-refractivity contribution is -0.117. The molecule has 0 aliphatic carbocycles. The molecule has 1 aromatic rings. The minimum absolute atomic E-state index is 0.0324. The Kier molecular flexibility index (Phi) is 2.07. The molecule has 0 aromatic heterocycles. The van der Waals surface area contributed by atoms with Gasteiger partial charge in [-0.3, -0.25) is 4.79 Å². The summed E-state index contributed by atoms with van der Waals surface area (Å²) in [6.45, 7) is 4.04. The molecule has 0 fully saturated rings. The predicted molar refractivity (Wildman–Crippen MR) is 61.5 cm³/mol. The van der Waals surface area contributed by atoms with Crippen molar-refractivity contribution >= 4 is 23.0 Å². The molecule has 4 heteroatoms. The van der Waals surface area contributed by atoms with E-state index in [-0.39, 0.29) is 17.7 Å². The van der Waals surface area contributed by atoms with Gasteiger partial charge in [-0.1, -0.05) is 13.8 Å². The fourth-order valence-electron chi connectivity index (χ4n) is 2.03. The van der Waals surface area contributed by atoms with Crippen LogP contribution in [0.25, 0.3) is 0 Å². The number of nitrogens with two attached hydrogens (primary N) is 2. The first-order valence-corrected chi connectivity index (χ1v) is 5.00. The van der Waals surface area contributed by atoms with Crippen molar-refractivity contribution in [3.05, 3.63) is 17.7 Å². The maximum absolute atomic E-state index is 11.7. The van der Waals surface area contributed by atoms with E-state index in [1.807, 2.05) is 13.8 Å². The van der Waals surface area contributed by atoms with E-state index in [0.717, 1.165) is 11.3 Å². The molecule has 0 saturated carbocycles. The zero-order chi connectivity index (χ0) is 11.2. The van der Waals surface area contributed by atoms with Crippen molar-refractivity contribution in [1.82, 2.24) is 0 Å². The van der Waals surface area contributed by atoms with Crippen LogP contribution < -0.4 is 16.8 Å². The summed E-state index contributed by atoms with van der Waals surface area (Å²) in [6, 6.07) is 3.53. The number of carbonyl (C=O) groups is 1. The average molecular weight is 205 g/mol. The first-order chi connectivity index (χ1) is 7.00. The minimum Gasteiger partial charge on any atom is -0.397 e. The number of amides is 1. The van der Waals surface area contributed by atoms with E-state index < -0.39 is 0 Å². The topological polar surface area (TPSA) is 81.1 Å². The first-order valence-electron chi connectivity index (χ1n) is 5.00. The van der Waals surface area contributed by atoms with Crippen molar-refractivity contribution in [2.24, 2.45) is 5.92 Å². The van der Waals surface area contributed by atoms with Crippen molar-refractivity contribution in [1.29, 1.82) is 0 Å². The van der Waals surface area contributed by atoms with Gasteiger partial charge in [-0.25, -0.2) is 0 Å². The van der Waals surface area contributed by atoms with Crippen LogP contribution in [-0.2, 0) is 4.79 Å². The third-order valence-corrected chi connectivity index (χ3v) is 2.80. The van der Waals surface area contributed by atoms with Gasteiger partial charge in [0.05, 0.1) is 17.3 Å². The summed E-state index contributed by atoms with van der Waals surface area (Å²) >= 11 is 0. The Morgan fingerprint density at radius 3 is 2.47 bits per heavy atom. The maximum atomic E-state index is 11.7. The summed E-state index contributed by atoms with van der Waals surface area (Å²) in [6.07, 6.45) is 0. The van der Waals surface area contributed by atoms with Crippen LogP contribution in [0.15, 0.2) is 12.1 Å². The van der Waals surface area contributed by atoms with Crippen LogP contribution in [-0.4, -0.2) is 5.91 Å². The van der Waals surface area contributed by atoms with Crippen LogP contribution in [0, 0.1) is 5.92 Å². The molecule has 80 valence electrons. The second-order valence-electron chi connectivity index (χ2n) is 4.28. The Bertz CT molecular complexity index is 426. The van der Waals surface area contributed by atoms with Crippen molar-refractivity contribution in [3.63, 3.8) is 0 Å². The molecule has 1 heterocycles. The largest absolute Gasteiger partial charge is 0.397 e.